The molecule has 1 N–H and O–H groups in total. The number of benzene rings is 2. The van der Waals surface area contributed by atoms with E-state index in [1.54, 1.807) is 18.2 Å². The summed E-state index contributed by atoms with van der Waals surface area (Å²) in [6.07, 6.45) is -1.45. The number of aliphatic hydroxyl groups excluding tert-OH is 1. The van der Waals surface area contributed by atoms with Gasteiger partial charge in [-0.15, -0.1) is 0 Å². The molecule has 104 valence electrons. The van der Waals surface area contributed by atoms with Crippen LogP contribution in [0.25, 0.3) is 0 Å². The van der Waals surface area contributed by atoms with Crippen molar-refractivity contribution in [2.45, 2.75) is 6.10 Å². The third-order valence-electron chi connectivity index (χ3n) is 3.16. The lowest BCUT2D eigenvalue weighted by molar-refractivity contribution is 0.156. The number of para-hydroxylation sites is 1. The topological polar surface area (TPSA) is 38.7 Å². The molecular formula is C15H12F2O3. The molecule has 0 aromatic heterocycles. The van der Waals surface area contributed by atoms with Crippen molar-refractivity contribution in [3.05, 3.63) is 59.2 Å². The molecule has 0 fully saturated rings. The molecule has 0 radical (unpaired) electrons. The third-order valence-corrected chi connectivity index (χ3v) is 3.16. The largest absolute Gasteiger partial charge is 0.486 e. The first kappa shape index (κ1) is 12.9. The first-order valence-electron chi connectivity index (χ1n) is 6.19. The quantitative estimate of drug-likeness (QED) is 0.918. The summed E-state index contributed by atoms with van der Waals surface area (Å²) >= 11 is 0. The Balaban J connectivity index is 2.09. The maximum Gasteiger partial charge on any atom is 0.167 e. The molecule has 1 aliphatic rings. The van der Waals surface area contributed by atoms with Gasteiger partial charge in [0.2, 0.25) is 0 Å². The van der Waals surface area contributed by atoms with Crippen LogP contribution in [0.15, 0.2) is 36.4 Å². The highest BCUT2D eigenvalue weighted by Gasteiger charge is 2.25. The molecule has 0 bridgehead atoms. The number of aliphatic hydroxyl groups is 1. The number of hydrogen-bond acceptors (Lipinski definition) is 3. The maximum absolute atomic E-state index is 13.7. The number of halogens is 2. The second-order valence-electron chi connectivity index (χ2n) is 4.41. The van der Waals surface area contributed by atoms with E-state index in [1.807, 2.05) is 0 Å². The minimum absolute atomic E-state index is 0.284. The standard InChI is InChI=1S/C15H12F2O3/c16-10-4-2-5-11(17)13(10)14(18)9-3-1-6-12-15(9)20-8-7-19-12/h1-6,14,18H,7-8H2. The Morgan fingerprint density at radius 2 is 1.60 bits per heavy atom. The molecule has 0 saturated heterocycles. The van der Waals surface area contributed by atoms with E-state index in [-0.39, 0.29) is 5.56 Å². The molecule has 0 amide bonds. The molecular weight excluding hydrogens is 266 g/mol. The fourth-order valence-corrected chi connectivity index (χ4v) is 2.24. The summed E-state index contributed by atoms with van der Waals surface area (Å²) in [7, 11) is 0. The highest BCUT2D eigenvalue weighted by Crippen LogP contribution is 2.39. The van der Waals surface area contributed by atoms with Crippen LogP contribution in [0.3, 0.4) is 0 Å². The second-order valence-corrected chi connectivity index (χ2v) is 4.41. The zero-order chi connectivity index (χ0) is 14.1. The monoisotopic (exact) mass is 278 g/mol. The van der Waals surface area contributed by atoms with Gasteiger partial charge in [0, 0.05) is 5.56 Å². The van der Waals surface area contributed by atoms with Crippen molar-refractivity contribution < 1.29 is 23.4 Å². The number of ether oxygens (including phenoxy) is 2. The van der Waals surface area contributed by atoms with Crippen LogP contribution in [0.1, 0.15) is 17.2 Å². The summed E-state index contributed by atoms with van der Waals surface area (Å²) in [4.78, 5) is 0. The van der Waals surface area contributed by atoms with Crippen molar-refractivity contribution >= 4 is 0 Å². The number of rotatable bonds is 2. The smallest absolute Gasteiger partial charge is 0.167 e. The molecule has 1 unspecified atom stereocenters. The van der Waals surface area contributed by atoms with Crippen molar-refractivity contribution in [2.24, 2.45) is 0 Å². The van der Waals surface area contributed by atoms with Gasteiger partial charge in [-0.3, -0.25) is 0 Å². The number of fused-ring (bicyclic) bond motifs is 1. The van der Waals surface area contributed by atoms with Gasteiger partial charge >= 0.3 is 0 Å². The van der Waals surface area contributed by atoms with Crippen molar-refractivity contribution in [1.29, 1.82) is 0 Å². The normalized spacial score (nSPS) is 14.9. The van der Waals surface area contributed by atoms with E-state index in [2.05, 4.69) is 0 Å². The zero-order valence-corrected chi connectivity index (χ0v) is 10.5. The summed E-state index contributed by atoms with van der Waals surface area (Å²) in [6, 6.07) is 8.35. The van der Waals surface area contributed by atoms with Gasteiger partial charge in [0.15, 0.2) is 11.5 Å². The Bertz CT molecular complexity index is 623. The minimum Gasteiger partial charge on any atom is -0.486 e. The van der Waals surface area contributed by atoms with Gasteiger partial charge in [-0.25, -0.2) is 8.78 Å². The summed E-state index contributed by atoms with van der Waals surface area (Å²) in [6.45, 7) is 0.733. The first-order chi connectivity index (χ1) is 9.68. The third kappa shape index (κ3) is 2.10. The fourth-order valence-electron chi connectivity index (χ4n) is 2.24. The molecule has 5 heteroatoms. The van der Waals surface area contributed by atoms with E-state index in [0.29, 0.717) is 24.7 Å². The number of hydrogen-bond donors (Lipinski definition) is 1. The van der Waals surface area contributed by atoms with Gasteiger partial charge in [0.25, 0.3) is 0 Å². The van der Waals surface area contributed by atoms with Crippen LogP contribution >= 0.6 is 0 Å². The molecule has 0 aliphatic carbocycles. The SMILES string of the molecule is OC(c1cccc2c1OCCO2)c1c(F)cccc1F. The Morgan fingerprint density at radius 3 is 2.35 bits per heavy atom. The van der Waals surface area contributed by atoms with Gasteiger partial charge < -0.3 is 14.6 Å². The molecule has 1 atom stereocenters. The van der Waals surface area contributed by atoms with Crippen LogP contribution in [-0.4, -0.2) is 18.3 Å². The molecule has 2 aromatic rings. The average Bonchev–Trinajstić information content (AvgIpc) is 2.46. The molecule has 2 aromatic carbocycles. The van der Waals surface area contributed by atoms with Crippen molar-refractivity contribution in [2.75, 3.05) is 13.2 Å². The second kappa shape index (κ2) is 5.09. The van der Waals surface area contributed by atoms with Crippen LogP contribution in [0, 0.1) is 11.6 Å². The Labute approximate surface area is 114 Å². The Hall–Kier alpha value is -2.14. The van der Waals surface area contributed by atoms with Gasteiger partial charge in [0.1, 0.15) is 31.0 Å². The van der Waals surface area contributed by atoms with E-state index in [9.17, 15) is 13.9 Å². The highest BCUT2D eigenvalue weighted by atomic mass is 19.1. The van der Waals surface area contributed by atoms with Gasteiger partial charge in [-0.2, -0.15) is 0 Å². The lowest BCUT2D eigenvalue weighted by atomic mass is 9.99. The summed E-state index contributed by atoms with van der Waals surface area (Å²) < 4.78 is 38.3. The van der Waals surface area contributed by atoms with E-state index in [1.165, 1.54) is 6.07 Å². The Kier molecular flexibility index (Phi) is 3.28. The van der Waals surface area contributed by atoms with Gasteiger partial charge in [-0.1, -0.05) is 18.2 Å². The zero-order valence-electron chi connectivity index (χ0n) is 10.5. The molecule has 3 nitrogen and oxygen atoms in total. The summed E-state index contributed by atoms with van der Waals surface area (Å²) in [5.41, 5.74) is -0.110. The molecule has 3 rings (SSSR count). The fraction of sp³-hybridized carbons (Fsp3) is 0.200. The molecule has 0 spiro atoms. The highest BCUT2D eigenvalue weighted by molar-refractivity contribution is 5.50. The van der Waals surface area contributed by atoms with Crippen LogP contribution < -0.4 is 9.47 Å². The van der Waals surface area contributed by atoms with E-state index in [4.69, 9.17) is 9.47 Å². The molecule has 1 aliphatic heterocycles. The van der Waals surface area contributed by atoms with E-state index >= 15 is 0 Å². The summed E-state index contributed by atoms with van der Waals surface area (Å²) in [5.74, 6) is -0.808. The predicted molar refractivity (Wildman–Crippen MR) is 67.9 cm³/mol. The minimum atomic E-state index is -1.45. The maximum atomic E-state index is 13.7. The van der Waals surface area contributed by atoms with Gasteiger partial charge in [-0.05, 0) is 18.2 Å². The van der Waals surface area contributed by atoms with Crippen molar-refractivity contribution in [3.8, 4) is 11.5 Å². The van der Waals surface area contributed by atoms with E-state index in [0.717, 1.165) is 12.1 Å². The molecule has 0 saturated carbocycles. The van der Waals surface area contributed by atoms with Crippen LogP contribution in [-0.2, 0) is 0 Å². The lowest BCUT2D eigenvalue weighted by Gasteiger charge is -2.23. The molecule has 20 heavy (non-hydrogen) atoms. The predicted octanol–water partition coefficient (Wildman–Crippen LogP) is 2.82. The van der Waals surface area contributed by atoms with Crippen molar-refractivity contribution in [3.63, 3.8) is 0 Å². The summed E-state index contributed by atoms with van der Waals surface area (Å²) in [5, 5.41) is 10.3. The lowest BCUT2D eigenvalue weighted by Crippen LogP contribution is -2.18. The first-order valence-corrected chi connectivity index (χ1v) is 6.19. The van der Waals surface area contributed by atoms with Gasteiger partial charge in [0.05, 0.1) is 5.56 Å². The van der Waals surface area contributed by atoms with Crippen LogP contribution in [0.4, 0.5) is 8.78 Å². The van der Waals surface area contributed by atoms with Crippen LogP contribution in [0.2, 0.25) is 0 Å². The van der Waals surface area contributed by atoms with E-state index < -0.39 is 23.3 Å². The van der Waals surface area contributed by atoms with Crippen LogP contribution in [0.5, 0.6) is 11.5 Å². The average molecular weight is 278 g/mol. The van der Waals surface area contributed by atoms with Crippen molar-refractivity contribution in [1.82, 2.24) is 0 Å². The Morgan fingerprint density at radius 1 is 0.950 bits per heavy atom. The molecule has 1 heterocycles.